The van der Waals surface area contributed by atoms with Gasteiger partial charge in [-0.15, -0.1) is 0 Å². The average molecular weight is 425 g/mol. The molecule has 30 heavy (non-hydrogen) atoms. The van der Waals surface area contributed by atoms with Crippen molar-refractivity contribution >= 4 is 18.0 Å². The summed E-state index contributed by atoms with van der Waals surface area (Å²) in [5.41, 5.74) is -0.717. The number of hydrogen-bond acceptors (Lipinski definition) is 5. The second-order valence-electron chi connectivity index (χ2n) is 10.0. The molecule has 3 fully saturated rings. The van der Waals surface area contributed by atoms with E-state index in [1.807, 2.05) is 4.90 Å². The maximum Gasteiger partial charge on any atom is 0.411 e. The molecule has 3 aliphatic rings. The quantitative estimate of drug-likeness (QED) is 0.745. The molecular weight excluding hydrogens is 388 g/mol. The van der Waals surface area contributed by atoms with E-state index >= 15 is 0 Å². The molecule has 2 aliphatic heterocycles. The number of aliphatic carboxylic acids is 1. The van der Waals surface area contributed by atoms with Gasteiger partial charge in [-0.25, -0.2) is 9.59 Å². The van der Waals surface area contributed by atoms with Crippen molar-refractivity contribution in [3.63, 3.8) is 0 Å². The molecule has 2 amide bonds. The molecule has 0 bridgehead atoms. The zero-order valence-corrected chi connectivity index (χ0v) is 18.6. The Balaban J connectivity index is 1.82. The van der Waals surface area contributed by atoms with Crippen molar-refractivity contribution in [2.45, 2.75) is 102 Å². The SMILES string of the molecule is CC1CCC(N(C(=O)[C@@H]2CCCO2)[C@@H]2C[C@@H](C(=O)O)N(C(=O)OC(C)(C)C)C2)CC1. The molecule has 0 aromatic carbocycles. The molecule has 1 aliphatic carbocycles. The van der Waals surface area contributed by atoms with Crippen LogP contribution >= 0.6 is 0 Å². The molecule has 8 heteroatoms. The van der Waals surface area contributed by atoms with E-state index in [1.165, 1.54) is 4.90 Å². The maximum atomic E-state index is 13.4. The lowest BCUT2D eigenvalue weighted by Gasteiger charge is -2.41. The number of carboxylic acid groups (broad SMARTS) is 1. The zero-order valence-electron chi connectivity index (χ0n) is 18.6. The minimum atomic E-state index is -1.06. The van der Waals surface area contributed by atoms with Gasteiger partial charge < -0.3 is 19.5 Å². The van der Waals surface area contributed by atoms with E-state index in [0.717, 1.165) is 32.1 Å². The third-order valence-electron chi connectivity index (χ3n) is 6.42. The molecule has 2 heterocycles. The van der Waals surface area contributed by atoms with Crippen LogP contribution in [0.1, 0.15) is 72.6 Å². The molecule has 170 valence electrons. The van der Waals surface area contributed by atoms with E-state index in [-0.39, 0.29) is 31.0 Å². The number of carboxylic acids is 1. The smallest absolute Gasteiger partial charge is 0.411 e. The zero-order chi connectivity index (χ0) is 22.1. The summed E-state index contributed by atoms with van der Waals surface area (Å²) in [5.74, 6) is -0.480. The number of rotatable bonds is 4. The minimum Gasteiger partial charge on any atom is -0.480 e. The highest BCUT2D eigenvalue weighted by Crippen LogP contribution is 2.34. The van der Waals surface area contributed by atoms with Crippen LogP contribution in [0.4, 0.5) is 4.79 Å². The van der Waals surface area contributed by atoms with E-state index in [0.29, 0.717) is 18.9 Å². The number of carbonyl (C=O) groups is 3. The van der Waals surface area contributed by atoms with Crippen LogP contribution in [0, 0.1) is 5.92 Å². The van der Waals surface area contributed by atoms with Gasteiger partial charge in [0.25, 0.3) is 5.91 Å². The fraction of sp³-hybridized carbons (Fsp3) is 0.864. The van der Waals surface area contributed by atoms with Crippen molar-refractivity contribution in [3.8, 4) is 0 Å². The van der Waals surface area contributed by atoms with E-state index in [2.05, 4.69) is 6.92 Å². The summed E-state index contributed by atoms with van der Waals surface area (Å²) in [5, 5.41) is 9.75. The van der Waals surface area contributed by atoms with Crippen molar-refractivity contribution in [3.05, 3.63) is 0 Å². The summed E-state index contributed by atoms with van der Waals surface area (Å²) in [6.45, 7) is 8.25. The van der Waals surface area contributed by atoms with Gasteiger partial charge in [-0.3, -0.25) is 9.69 Å². The van der Waals surface area contributed by atoms with E-state index < -0.39 is 29.8 Å². The Hall–Kier alpha value is -1.83. The third kappa shape index (κ3) is 5.25. The Bertz CT molecular complexity index is 647. The topological polar surface area (TPSA) is 96.4 Å². The summed E-state index contributed by atoms with van der Waals surface area (Å²) >= 11 is 0. The fourth-order valence-corrected chi connectivity index (χ4v) is 4.89. The van der Waals surface area contributed by atoms with Gasteiger partial charge in [0.15, 0.2) is 0 Å². The Morgan fingerprint density at radius 2 is 1.73 bits per heavy atom. The Morgan fingerprint density at radius 1 is 1.07 bits per heavy atom. The first-order valence-corrected chi connectivity index (χ1v) is 11.2. The van der Waals surface area contributed by atoms with Crippen LogP contribution in [-0.2, 0) is 19.1 Å². The molecule has 3 rings (SSSR count). The molecule has 2 saturated heterocycles. The number of amides is 2. The van der Waals surface area contributed by atoms with Gasteiger partial charge >= 0.3 is 12.1 Å². The number of carbonyl (C=O) groups excluding carboxylic acids is 2. The second-order valence-corrected chi connectivity index (χ2v) is 10.0. The Labute approximate surface area is 178 Å². The van der Waals surface area contributed by atoms with Crippen LogP contribution in [0.3, 0.4) is 0 Å². The van der Waals surface area contributed by atoms with Crippen molar-refractivity contribution < 1.29 is 29.0 Å². The van der Waals surface area contributed by atoms with Gasteiger partial charge in [-0.2, -0.15) is 0 Å². The summed E-state index contributed by atoms with van der Waals surface area (Å²) in [4.78, 5) is 41.2. The lowest BCUT2D eigenvalue weighted by molar-refractivity contribution is -0.147. The molecule has 8 nitrogen and oxygen atoms in total. The first kappa shape index (κ1) is 22.8. The van der Waals surface area contributed by atoms with E-state index in [4.69, 9.17) is 9.47 Å². The second kappa shape index (κ2) is 9.12. The predicted octanol–water partition coefficient (Wildman–Crippen LogP) is 3.04. The maximum absolute atomic E-state index is 13.4. The van der Waals surface area contributed by atoms with Gasteiger partial charge in [0.05, 0.1) is 6.04 Å². The van der Waals surface area contributed by atoms with Crippen LogP contribution in [0.2, 0.25) is 0 Å². The molecule has 0 aromatic rings. The highest BCUT2D eigenvalue weighted by molar-refractivity contribution is 5.84. The molecule has 0 spiro atoms. The van der Waals surface area contributed by atoms with Crippen molar-refractivity contribution in [2.24, 2.45) is 5.92 Å². The lowest BCUT2D eigenvalue weighted by Crippen LogP contribution is -2.53. The molecule has 3 atom stereocenters. The summed E-state index contributed by atoms with van der Waals surface area (Å²) < 4.78 is 11.1. The van der Waals surface area contributed by atoms with Gasteiger partial charge in [0.1, 0.15) is 17.7 Å². The van der Waals surface area contributed by atoms with Gasteiger partial charge in [0, 0.05) is 25.6 Å². The molecule has 1 saturated carbocycles. The van der Waals surface area contributed by atoms with Gasteiger partial charge in [-0.1, -0.05) is 6.92 Å². The van der Waals surface area contributed by atoms with Crippen LogP contribution in [-0.4, -0.2) is 75.9 Å². The van der Waals surface area contributed by atoms with Crippen molar-refractivity contribution in [2.75, 3.05) is 13.2 Å². The molecule has 0 aromatic heterocycles. The number of hydrogen-bond donors (Lipinski definition) is 1. The van der Waals surface area contributed by atoms with Crippen molar-refractivity contribution in [1.82, 2.24) is 9.80 Å². The summed E-state index contributed by atoms with van der Waals surface area (Å²) in [6, 6.07) is -1.27. The molecule has 1 N–H and O–H groups in total. The van der Waals surface area contributed by atoms with Gasteiger partial charge in [-0.05, 0) is 65.2 Å². The predicted molar refractivity (Wildman–Crippen MR) is 110 cm³/mol. The van der Waals surface area contributed by atoms with Crippen LogP contribution < -0.4 is 0 Å². The summed E-state index contributed by atoms with van der Waals surface area (Å²) in [7, 11) is 0. The number of likely N-dealkylation sites (tertiary alicyclic amines) is 1. The standard InChI is InChI=1S/C22H36N2O6/c1-14-7-9-15(10-8-14)24(19(25)18-6-5-11-29-18)16-12-17(20(26)27)23(13-16)21(28)30-22(2,3)4/h14-18H,5-13H2,1-4H3,(H,26,27)/t14?,15?,16-,17+,18+/m1/s1. The molecule has 0 unspecified atom stereocenters. The van der Waals surface area contributed by atoms with Crippen LogP contribution in [0.5, 0.6) is 0 Å². The van der Waals surface area contributed by atoms with Crippen LogP contribution in [0.15, 0.2) is 0 Å². The molecule has 0 radical (unpaired) electrons. The van der Waals surface area contributed by atoms with Crippen molar-refractivity contribution in [1.29, 1.82) is 0 Å². The van der Waals surface area contributed by atoms with E-state index in [9.17, 15) is 19.5 Å². The third-order valence-corrected chi connectivity index (χ3v) is 6.42. The normalized spacial score (nSPS) is 32.1. The Morgan fingerprint density at radius 3 is 2.27 bits per heavy atom. The largest absolute Gasteiger partial charge is 0.480 e. The number of nitrogens with zero attached hydrogens (tertiary/aromatic N) is 2. The highest BCUT2D eigenvalue weighted by atomic mass is 16.6. The summed E-state index contributed by atoms with van der Waals surface area (Å²) in [6.07, 6.45) is 4.58. The monoisotopic (exact) mass is 424 g/mol. The fourth-order valence-electron chi connectivity index (χ4n) is 4.89. The van der Waals surface area contributed by atoms with E-state index in [1.54, 1.807) is 20.8 Å². The van der Waals surface area contributed by atoms with Gasteiger partial charge in [0.2, 0.25) is 0 Å². The lowest BCUT2D eigenvalue weighted by atomic mass is 9.85. The highest BCUT2D eigenvalue weighted by Gasteiger charge is 2.47. The molecular formula is C22H36N2O6. The minimum absolute atomic E-state index is 0.0489. The average Bonchev–Trinajstić information content (AvgIpc) is 3.32. The van der Waals surface area contributed by atoms with Crippen LogP contribution in [0.25, 0.3) is 0 Å². The Kier molecular flexibility index (Phi) is 6.95. The first-order chi connectivity index (χ1) is 14.1. The number of ether oxygens (including phenoxy) is 2. The first-order valence-electron chi connectivity index (χ1n) is 11.2.